The maximum Gasteiger partial charge on any atom is 0.126 e. The first-order valence-electron chi connectivity index (χ1n) is 8.69. The van der Waals surface area contributed by atoms with Crippen LogP contribution in [0.4, 0.5) is 0 Å². The van der Waals surface area contributed by atoms with Crippen LogP contribution in [0.2, 0.25) is 0 Å². The second-order valence-electron chi connectivity index (χ2n) is 6.65. The monoisotopic (exact) mass is 347 g/mol. The zero-order chi connectivity index (χ0) is 18.1. The van der Waals surface area contributed by atoms with Gasteiger partial charge in [0.15, 0.2) is 0 Å². The number of aromatic hydroxyl groups is 2. The molecule has 0 spiro atoms. The molecule has 0 aromatic heterocycles. The van der Waals surface area contributed by atoms with Crippen LogP contribution in [0.5, 0.6) is 17.2 Å². The lowest BCUT2D eigenvalue weighted by molar-refractivity contribution is 0.247. The molecule has 0 saturated heterocycles. The van der Waals surface area contributed by atoms with E-state index in [0.717, 1.165) is 16.7 Å². The van der Waals surface area contributed by atoms with Gasteiger partial charge in [0.05, 0.1) is 6.61 Å². The molecule has 1 aliphatic rings. The summed E-state index contributed by atoms with van der Waals surface area (Å²) in [7, 11) is 0. The van der Waals surface area contributed by atoms with Gasteiger partial charge in [-0.1, -0.05) is 42.5 Å². The molecule has 4 heteroatoms. The minimum Gasteiger partial charge on any atom is -0.508 e. The van der Waals surface area contributed by atoms with Crippen molar-refractivity contribution in [3.63, 3.8) is 0 Å². The highest BCUT2D eigenvalue weighted by molar-refractivity contribution is 5.50. The molecular formula is C22H21NO3. The Morgan fingerprint density at radius 3 is 2.19 bits per heavy atom. The summed E-state index contributed by atoms with van der Waals surface area (Å²) in [6, 6.07) is 20.9. The minimum absolute atomic E-state index is 0.0933. The molecule has 26 heavy (non-hydrogen) atoms. The van der Waals surface area contributed by atoms with Crippen molar-refractivity contribution >= 4 is 0 Å². The number of benzene rings is 3. The van der Waals surface area contributed by atoms with Gasteiger partial charge in [-0.2, -0.15) is 0 Å². The predicted octanol–water partition coefficient (Wildman–Crippen LogP) is 3.86. The number of hydrogen-bond acceptors (Lipinski definition) is 4. The Balaban J connectivity index is 1.82. The third kappa shape index (κ3) is 3.00. The lowest BCUT2D eigenvalue weighted by Gasteiger charge is -2.34. The van der Waals surface area contributed by atoms with Crippen molar-refractivity contribution in [2.45, 2.75) is 18.4 Å². The fourth-order valence-corrected chi connectivity index (χ4v) is 3.68. The largest absolute Gasteiger partial charge is 0.508 e. The van der Waals surface area contributed by atoms with Crippen LogP contribution in [0.3, 0.4) is 0 Å². The molecule has 4 rings (SSSR count). The highest BCUT2D eigenvalue weighted by Gasteiger charge is 2.33. The van der Waals surface area contributed by atoms with Crippen molar-refractivity contribution in [1.29, 1.82) is 0 Å². The van der Waals surface area contributed by atoms with E-state index in [-0.39, 0.29) is 23.3 Å². The van der Waals surface area contributed by atoms with Crippen LogP contribution < -0.4 is 10.5 Å². The molecule has 3 aromatic rings. The van der Waals surface area contributed by atoms with E-state index < -0.39 is 0 Å². The molecule has 2 atom stereocenters. The van der Waals surface area contributed by atoms with Gasteiger partial charge in [-0.25, -0.2) is 0 Å². The van der Waals surface area contributed by atoms with Crippen LogP contribution in [0, 0.1) is 0 Å². The Morgan fingerprint density at radius 1 is 0.846 bits per heavy atom. The van der Waals surface area contributed by atoms with Crippen molar-refractivity contribution in [3.8, 4) is 17.2 Å². The summed E-state index contributed by atoms with van der Waals surface area (Å²) < 4.78 is 5.96. The smallest absolute Gasteiger partial charge is 0.126 e. The lowest BCUT2D eigenvalue weighted by Crippen LogP contribution is -2.25. The quantitative estimate of drug-likeness (QED) is 0.672. The maximum atomic E-state index is 9.81. The summed E-state index contributed by atoms with van der Waals surface area (Å²) in [5.74, 6) is 1.36. The number of fused-ring (bicyclic) bond motifs is 1. The molecule has 4 nitrogen and oxygen atoms in total. The summed E-state index contributed by atoms with van der Waals surface area (Å²) in [5, 5.41) is 19.4. The second-order valence-corrected chi connectivity index (χ2v) is 6.65. The molecule has 1 heterocycles. The second kappa shape index (κ2) is 6.73. The zero-order valence-corrected chi connectivity index (χ0v) is 14.3. The van der Waals surface area contributed by atoms with Crippen LogP contribution in [-0.4, -0.2) is 16.8 Å². The van der Waals surface area contributed by atoms with E-state index in [2.05, 4.69) is 24.3 Å². The van der Waals surface area contributed by atoms with Crippen molar-refractivity contribution in [2.75, 3.05) is 6.61 Å². The molecule has 0 fully saturated rings. The van der Waals surface area contributed by atoms with Crippen LogP contribution in [0.1, 0.15) is 34.1 Å². The number of ether oxygens (including phenoxy) is 1. The molecule has 0 aliphatic carbocycles. The number of nitrogens with two attached hydrogens (primary N) is 1. The Hall–Kier alpha value is -2.98. The molecular weight excluding hydrogens is 326 g/mol. The maximum absolute atomic E-state index is 9.81. The molecule has 0 bridgehead atoms. The topological polar surface area (TPSA) is 75.7 Å². The van der Waals surface area contributed by atoms with E-state index in [4.69, 9.17) is 10.5 Å². The van der Waals surface area contributed by atoms with Crippen molar-refractivity contribution < 1.29 is 14.9 Å². The first kappa shape index (κ1) is 16.5. The summed E-state index contributed by atoms with van der Waals surface area (Å²) in [5.41, 5.74) is 10.2. The molecule has 0 saturated carbocycles. The van der Waals surface area contributed by atoms with Crippen LogP contribution in [0.25, 0.3) is 0 Å². The third-order valence-electron chi connectivity index (χ3n) is 5.05. The first-order chi connectivity index (χ1) is 12.7. The highest BCUT2D eigenvalue weighted by Crippen LogP contribution is 2.47. The van der Waals surface area contributed by atoms with Gasteiger partial charge in [0, 0.05) is 30.0 Å². The van der Waals surface area contributed by atoms with Gasteiger partial charge in [0.25, 0.3) is 0 Å². The van der Waals surface area contributed by atoms with Crippen molar-refractivity contribution in [1.82, 2.24) is 0 Å². The fraction of sp³-hybridized carbons (Fsp3) is 0.182. The Labute approximate surface area is 152 Å². The van der Waals surface area contributed by atoms with Crippen LogP contribution in [0.15, 0.2) is 66.7 Å². The summed E-state index contributed by atoms with van der Waals surface area (Å²) in [4.78, 5) is 0. The van der Waals surface area contributed by atoms with Crippen LogP contribution >= 0.6 is 0 Å². The molecule has 0 amide bonds. The first-order valence-corrected chi connectivity index (χ1v) is 8.69. The minimum atomic E-state index is 0.0933. The van der Waals surface area contributed by atoms with E-state index in [1.165, 1.54) is 5.56 Å². The molecule has 3 aromatic carbocycles. The molecule has 2 unspecified atom stereocenters. The van der Waals surface area contributed by atoms with Gasteiger partial charge in [-0.15, -0.1) is 0 Å². The van der Waals surface area contributed by atoms with Crippen molar-refractivity contribution in [2.24, 2.45) is 5.73 Å². The number of rotatable bonds is 3. The summed E-state index contributed by atoms with van der Waals surface area (Å²) >= 11 is 0. The van der Waals surface area contributed by atoms with Crippen molar-refractivity contribution in [3.05, 3.63) is 89.0 Å². The van der Waals surface area contributed by atoms with Gasteiger partial charge >= 0.3 is 0 Å². The zero-order valence-electron chi connectivity index (χ0n) is 14.3. The van der Waals surface area contributed by atoms with E-state index >= 15 is 0 Å². The average Bonchev–Trinajstić information content (AvgIpc) is 2.68. The van der Waals surface area contributed by atoms with E-state index in [1.54, 1.807) is 24.3 Å². The van der Waals surface area contributed by atoms with Gasteiger partial charge in [0.2, 0.25) is 0 Å². The lowest BCUT2D eigenvalue weighted by atomic mass is 9.75. The summed E-state index contributed by atoms with van der Waals surface area (Å²) in [6.07, 6.45) is 0. The Morgan fingerprint density at radius 2 is 1.50 bits per heavy atom. The molecule has 4 N–H and O–H groups in total. The van der Waals surface area contributed by atoms with E-state index in [1.807, 2.05) is 18.2 Å². The SMILES string of the molecule is NCc1ccc(C2c3ccc(O)cc3OCC2c2ccc(O)cc2)cc1. The van der Waals surface area contributed by atoms with Gasteiger partial charge in [-0.3, -0.25) is 0 Å². The molecule has 1 aliphatic heterocycles. The average molecular weight is 347 g/mol. The summed E-state index contributed by atoms with van der Waals surface area (Å²) in [6.45, 7) is 1.02. The normalized spacial score (nSPS) is 18.8. The standard InChI is InChI=1S/C22H21NO3/c23-12-14-1-3-16(4-2-14)22-19-10-9-18(25)11-21(19)26-13-20(22)15-5-7-17(24)8-6-15/h1-11,20,22,24-25H,12-13,23H2. The number of phenols is 2. The van der Waals surface area contributed by atoms with Gasteiger partial charge in [-0.05, 0) is 34.9 Å². The number of phenolic OH excluding ortho intramolecular Hbond substituents is 2. The van der Waals surface area contributed by atoms with Gasteiger partial charge in [0.1, 0.15) is 17.2 Å². The van der Waals surface area contributed by atoms with E-state index in [9.17, 15) is 10.2 Å². The predicted molar refractivity (Wildman–Crippen MR) is 101 cm³/mol. The van der Waals surface area contributed by atoms with Crippen LogP contribution in [-0.2, 0) is 6.54 Å². The van der Waals surface area contributed by atoms with Gasteiger partial charge < -0.3 is 20.7 Å². The van der Waals surface area contributed by atoms with E-state index in [0.29, 0.717) is 18.9 Å². The molecule has 132 valence electrons. The molecule has 0 radical (unpaired) electrons. The Kier molecular flexibility index (Phi) is 4.27. The Bertz CT molecular complexity index is 904. The number of hydrogen-bond donors (Lipinski definition) is 3. The fourth-order valence-electron chi connectivity index (χ4n) is 3.68. The highest BCUT2D eigenvalue weighted by atomic mass is 16.5. The third-order valence-corrected chi connectivity index (χ3v) is 5.05.